The number of benzene rings is 2. The minimum Gasteiger partial charge on any atom is -0.454 e. The molecule has 0 saturated heterocycles. The summed E-state index contributed by atoms with van der Waals surface area (Å²) >= 11 is 0. The predicted molar refractivity (Wildman–Crippen MR) is 87.4 cm³/mol. The average Bonchev–Trinajstić information content (AvgIpc) is 3.02. The number of hydrogen-bond donors (Lipinski definition) is 2. The van der Waals surface area contributed by atoms with Gasteiger partial charge >= 0.3 is 0 Å². The molecule has 0 unspecified atom stereocenters. The molecule has 3 rings (SSSR count). The van der Waals surface area contributed by atoms with Gasteiger partial charge in [-0.05, 0) is 38.1 Å². The Bertz CT molecular complexity index is 798. The number of quaternary nitrogens is 1. The van der Waals surface area contributed by atoms with Gasteiger partial charge < -0.3 is 20.1 Å². The molecule has 25 heavy (non-hydrogen) atoms. The lowest BCUT2D eigenvalue weighted by Crippen LogP contribution is -2.91. The van der Waals surface area contributed by atoms with Gasteiger partial charge in [0.2, 0.25) is 6.79 Å². The van der Waals surface area contributed by atoms with Crippen LogP contribution in [0, 0.1) is 11.6 Å². The lowest BCUT2D eigenvalue weighted by Gasteiger charge is -2.17. The zero-order chi connectivity index (χ0) is 18.0. The molecule has 7 heteroatoms. The van der Waals surface area contributed by atoms with E-state index in [-0.39, 0.29) is 18.7 Å². The number of amides is 1. The van der Waals surface area contributed by atoms with Gasteiger partial charge in [-0.15, -0.1) is 0 Å². The molecule has 0 saturated carbocycles. The summed E-state index contributed by atoms with van der Waals surface area (Å²) in [6.45, 7) is 3.65. The number of halogens is 2. The maximum absolute atomic E-state index is 13.8. The van der Waals surface area contributed by atoms with Crippen LogP contribution < -0.4 is 20.1 Å². The third-order valence-electron chi connectivity index (χ3n) is 4.08. The van der Waals surface area contributed by atoms with Crippen LogP contribution in [0.3, 0.4) is 0 Å². The first-order chi connectivity index (χ1) is 11.9. The van der Waals surface area contributed by atoms with E-state index in [1.165, 1.54) is 12.1 Å². The van der Waals surface area contributed by atoms with E-state index in [2.05, 4.69) is 5.32 Å². The van der Waals surface area contributed by atoms with Crippen molar-refractivity contribution < 1.29 is 28.4 Å². The zero-order valence-corrected chi connectivity index (χ0v) is 13.9. The molecule has 0 bridgehead atoms. The van der Waals surface area contributed by atoms with Gasteiger partial charge in [0.15, 0.2) is 17.5 Å². The number of nitrogens with two attached hydrogens (primary N) is 1. The van der Waals surface area contributed by atoms with Gasteiger partial charge in [0.1, 0.15) is 17.7 Å². The van der Waals surface area contributed by atoms with E-state index in [4.69, 9.17) is 9.47 Å². The van der Waals surface area contributed by atoms with Crippen molar-refractivity contribution in [3.05, 3.63) is 53.6 Å². The Morgan fingerprint density at radius 1 is 1.12 bits per heavy atom. The Kier molecular flexibility index (Phi) is 4.85. The van der Waals surface area contributed by atoms with E-state index in [1.807, 2.05) is 0 Å². The SMILES string of the molecule is C[C@H]([NH2+][C@H](C)c1ccc(F)cc1F)C(=O)Nc1ccc2c(c1)OCO2. The fourth-order valence-electron chi connectivity index (χ4n) is 2.73. The predicted octanol–water partition coefficient (Wildman–Crippen LogP) is 2.35. The third kappa shape index (κ3) is 3.88. The van der Waals surface area contributed by atoms with E-state index in [0.717, 1.165) is 6.07 Å². The summed E-state index contributed by atoms with van der Waals surface area (Å²) in [7, 11) is 0. The molecular weight excluding hydrogens is 330 g/mol. The van der Waals surface area contributed by atoms with Crippen molar-refractivity contribution >= 4 is 11.6 Å². The van der Waals surface area contributed by atoms with Gasteiger partial charge in [-0.1, -0.05) is 0 Å². The molecule has 0 aliphatic carbocycles. The van der Waals surface area contributed by atoms with Crippen LogP contribution in [0.1, 0.15) is 25.5 Å². The van der Waals surface area contributed by atoms with E-state index in [9.17, 15) is 13.6 Å². The van der Waals surface area contributed by atoms with Crippen LogP contribution in [-0.4, -0.2) is 18.7 Å². The molecule has 1 heterocycles. The normalized spacial score (nSPS) is 14.9. The first-order valence-electron chi connectivity index (χ1n) is 7.94. The number of rotatable bonds is 5. The van der Waals surface area contributed by atoms with E-state index in [0.29, 0.717) is 22.7 Å². The van der Waals surface area contributed by atoms with Gasteiger partial charge in [-0.2, -0.15) is 0 Å². The van der Waals surface area contributed by atoms with Crippen molar-refractivity contribution in [3.63, 3.8) is 0 Å². The Morgan fingerprint density at radius 2 is 1.88 bits per heavy atom. The fraction of sp³-hybridized carbons (Fsp3) is 0.278. The first kappa shape index (κ1) is 17.2. The average molecular weight is 349 g/mol. The topological polar surface area (TPSA) is 64.2 Å². The van der Waals surface area contributed by atoms with Crippen molar-refractivity contribution in [1.29, 1.82) is 0 Å². The molecule has 2 aromatic rings. The van der Waals surface area contributed by atoms with Crippen LogP contribution in [0.2, 0.25) is 0 Å². The molecule has 1 aliphatic rings. The zero-order valence-electron chi connectivity index (χ0n) is 13.9. The maximum Gasteiger partial charge on any atom is 0.282 e. The molecule has 1 amide bonds. The highest BCUT2D eigenvalue weighted by Crippen LogP contribution is 2.34. The van der Waals surface area contributed by atoms with Crippen LogP contribution in [0.15, 0.2) is 36.4 Å². The van der Waals surface area contributed by atoms with Gasteiger partial charge in [0.25, 0.3) is 5.91 Å². The number of fused-ring (bicyclic) bond motifs is 1. The second-order valence-electron chi connectivity index (χ2n) is 5.99. The lowest BCUT2D eigenvalue weighted by molar-refractivity contribution is -0.710. The van der Waals surface area contributed by atoms with E-state index in [1.54, 1.807) is 37.4 Å². The highest BCUT2D eigenvalue weighted by molar-refractivity contribution is 5.93. The number of ether oxygens (including phenoxy) is 2. The molecule has 5 nitrogen and oxygen atoms in total. The molecule has 0 radical (unpaired) electrons. The van der Waals surface area contributed by atoms with Crippen molar-refractivity contribution in [1.82, 2.24) is 0 Å². The molecular formula is C18H19F2N2O3+. The monoisotopic (exact) mass is 349 g/mol. The second-order valence-corrected chi connectivity index (χ2v) is 5.99. The number of anilines is 1. The Hall–Kier alpha value is -2.67. The first-order valence-corrected chi connectivity index (χ1v) is 7.94. The van der Waals surface area contributed by atoms with Gasteiger partial charge in [0, 0.05) is 23.4 Å². The quantitative estimate of drug-likeness (QED) is 0.871. The molecule has 132 valence electrons. The van der Waals surface area contributed by atoms with Gasteiger partial charge in [-0.25, -0.2) is 8.78 Å². The van der Waals surface area contributed by atoms with Crippen molar-refractivity contribution in [2.24, 2.45) is 0 Å². The standard InChI is InChI=1S/C18H18F2N2O3/c1-10(14-5-3-12(19)7-15(14)20)21-11(2)18(23)22-13-4-6-16-17(8-13)25-9-24-16/h3-8,10-11,21H,9H2,1-2H3,(H,22,23)/p+1/t10-,11+/m1/s1. The summed E-state index contributed by atoms with van der Waals surface area (Å²) in [4.78, 5) is 12.4. The summed E-state index contributed by atoms with van der Waals surface area (Å²) in [5, 5.41) is 4.51. The molecule has 3 N–H and O–H groups in total. The minimum atomic E-state index is -0.623. The van der Waals surface area contributed by atoms with Gasteiger partial charge in [-0.3, -0.25) is 4.79 Å². The summed E-state index contributed by atoms with van der Waals surface area (Å²) < 4.78 is 37.3. The van der Waals surface area contributed by atoms with Crippen molar-refractivity contribution in [2.45, 2.75) is 25.9 Å². The second kappa shape index (κ2) is 7.06. The largest absolute Gasteiger partial charge is 0.454 e. The summed E-state index contributed by atoms with van der Waals surface area (Å²) in [5.41, 5.74) is 0.944. The Morgan fingerprint density at radius 3 is 2.64 bits per heavy atom. The van der Waals surface area contributed by atoms with Crippen LogP contribution >= 0.6 is 0 Å². The molecule has 0 aromatic heterocycles. The van der Waals surface area contributed by atoms with Crippen LogP contribution in [0.25, 0.3) is 0 Å². The smallest absolute Gasteiger partial charge is 0.282 e. The van der Waals surface area contributed by atoms with E-state index < -0.39 is 17.7 Å². The fourth-order valence-corrected chi connectivity index (χ4v) is 2.73. The van der Waals surface area contributed by atoms with Crippen LogP contribution in [0.5, 0.6) is 11.5 Å². The molecule has 0 spiro atoms. The summed E-state index contributed by atoms with van der Waals surface area (Å²) in [5.74, 6) is -0.253. The number of nitrogens with one attached hydrogen (secondary N) is 1. The summed E-state index contributed by atoms with van der Waals surface area (Å²) in [6.07, 6.45) is 0. The lowest BCUT2D eigenvalue weighted by atomic mass is 10.1. The molecule has 2 atom stereocenters. The number of carbonyl (C=O) groups is 1. The Labute approximate surface area is 143 Å². The van der Waals surface area contributed by atoms with Crippen LogP contribution in [0.4, 0.5) is 14.5 Å². The van der Waals surface area contributed by atoms with Crippen molar-refractivity contribution in [3.8, 4) is 11.5 Å². The van der Waals surface area contributed by atoms with E-state index >= 15 is 0 Å². The highest BCUT2D eigenvalue weighted by atomic mass is 19.1. The Balaban J connectivity index is 1.62. The molecule has 2 aromatic carbocycles. The number of carbonyl (C=O) groups excluding carboxylic acids is 1. The highest BCUT2D eigenvalue weighted by Gasteiger charge is 2.23. The van der Waals surface area contributed by atoms with Gasteiger partial charge in [0.05, 0.1) is 0 Å². The van der Waals surface area contributed by atoms with Crippen molar-refractivity contribution in [2.75, 3.05) is 12.1 Å². The molecule has 0 fully saturated rings. The maximum atomic E-state index is 13.8. The van der Waals surface area contributed by atoms with Crippen LogP contribution in [-0.2, 0) is 4.79 Å². The third-order valence-corrected chi connectivity index (χ3v) is 4.08. The summed E-state index contributed by atoms with van der Waals surface area (Å²) in [6, 6.07) is 7.79. The molecule has 1 aliphatic heterocycles. The number of hydrogen-bond acceptors (Lipinski definition) is 3. The minimum absolute atomic E-state index is 0.164.